The first-order chi connectivity index (χ1) is 6.33. The van der Waals surface area contributed by atoms with Crippen molar-refractivity contribution in [2.45, 2.75) is 24.8 Å². The van der Waals surface area contributed by atoms with Gasteiger partial charge in [0.2, 0.25) is 0 Å². The van der Waals surface area contributed by atoms with Gasteiger partial charge in [-0.3, -0.25) is 5.32 Å². The summed E-state index contributed by atoms with van der Waals surface area (Å²) in [7, 11) is 0. The van der Waals surface area contributed by atoms with Crippen molar-refractivity contribution in [3.05, 3.63) is 0 Å². The molecule has 1 atom stereocenters. The third kappa shape index (κ3) is 3.18. The minimum Gasteiger partial charge on any atom is -0.396 e. The van der Waals surface area contributed by atoms with Gasteiger partial charge in [0.1, 0.15) is 5.54 Å². The maximum atomic E-state index is 9.05. The van der Waals surface area contributed by atoms with Gasteiger partial charge >= 0.3 is 0 Å². The molecule has 1 heterocycles. The lowest BCUT2D eigenvalue weighted by Gasteiger charge is -2.31. The molecule has 0 saturated carbocycles. The highest BCUT2D eigenvalue weighted by Crippen LogP contribution is 2.25. The summed E-state index contributed by atoms with van der Waals surface area (Å²) in [5, 5.41) is 20.9. The Morgan fingerprint density at radius 2 is 2.46 bits per heavy atom. The SMILES string of the molecule is N#CC1(NCCCO)CCCSC1. The first kappa shape index (κ1) is 10.8. The van der Waals surface area contributed by atoms with Crippen molar-refractivity contribution in [2.24, 2.45) is 0 Å². The van der Waals surface area contributed by atoms with E-state index in [1.807, 2.05) is 11.8 Å². The maximum absolute atomic E-state index is 9.05. The van der Waals surface area contributed by atoms with Crippen LogP contribution in [0.5, 0.6) is 0 Å². The van der Waals surface area contributed by atoms with Crippen LogP contribution in [0.3, 0.4) is 0 Å². The van der Waals surface area contributed by atoms with E-state index in [1.165, 1.54) is 5.75 Å². The average Bonchev–Trinajstić information content (AvgIpc) is 2.20. The Bertz CT molecular complexity index is 185. The molecule has 1 saturated heterocycles. The molecule has 1 fully saturated rings. The number of aliphatic hydroxyl groups excluding tert-OH is 1. The Balaban J connectivity index is 2.35. The monoisotopic (exact) mass is 200 g/mol. The molecule has 2 N–H and O–H groups in total. The number of nitrogens with one attached hydrogen (secondary N) is 1. The zero-order valence-electron chi connectivity index (χ0n) is 7.75. The molecule has 0 aromatic heterocycles. The highest BCUT2D eigenvalue weighted by atomic mass is 32.2. The largest absolute Gasteiger partial charge is 0.396 e. The summed E-state index contributed by atoms with van der Waals surface area (Å²) in [5.41, 5.74) is -0.321. The summed E-state index contributed by atoms with van der Waals surface area (Å²) < 4.78 is 0. The number of thioether (sulfide) groups is 1. The van der Waals surface area contributed by atoms with Crippen molar-refractivity contribution in [3.8, 4) is 6.07 Å². The summed E-state index contributed by atoms with van der Waals surface area (Å²) in [6.45, 7) is 0.937. The van der Waals surface area contributed by atoms with E-state index in [9.17, 15) is 0 Å². The van der Waals surface area contributed by atoms with E-state index < -0.39 is 0 Å². The van der Waals surface area contributed by atoms with E-state index >= 15 is 0 Å². The Morgan fingerprint density at radius 3 is 3.00 bits per heavy atom. The van der Waals surface area contributed by atoms with Crippen LogP contribution in [-0.2, 0) is 0 Å². The van der Waals surface area contributed by atoms with Crippen LogP contribution in [-0.4, -0.2) is 35.3 Å². The molecule has 0 radical (unpaired) electrons. The van der Waals surface area contributed by atoms with Crippen molar-refractivity contribution < 1.29 is 5.11 Å². The Hall–Kier alpha value is -0.240. The first-order valence-corrected chi connectivity index (χ1v) is 5.83. The lowest BCUT2D eigenvalue weighted by molar-refractivity contribution is 0.278. The summed E-state index contributed by atoms with van der Waals surface area (Å²) in [6, 6.07) is 2.36. The number of rotatable bonds is 4. The molecule has 0 spiro atoms. The van der Waals surface area contributed by atoms with Gasteiger partial charge in [-0.25, -0.2) is 0 Å². The van der Waals surface area contributed by atoms with Crippen molar-refractivity contribution >= 4 is 11.8 Å². The second-order valence-electron chi connectivity index (χ2n) is 3.35. The number of hydrogen-bond acceptors (Lipinski definition) is 4. The van der Waals surface area contributed by atoms with Gasteiger partial charge in [0.05, 0.1) is 6.07 Å². The quantitative estimate of drug-likeness (QED) is 0.657. The highest BCUT2D eigenvalue weighted by molar-refractivity contribution is 7.99. The third-order valence-corrected chi connectivity index (χ3v) is 3.53. The van der Waals surface area contributed by atoms with Crippen molar-refractivity contribution in [1.29, 1.82) is 5.26 Å². The molecular weight excluding hydrogens is 184 g/mol. The van der Waals surface area contributed by atoms with Crippen LogP contribution < -0.4 is 5.32 Å². The van der Waals surface area contributed by atoms with Crippen molar-refractivity contribution in [1.82, 2.24) is 5.32 Å². The van der Waals surface area contributed by atoms with Gasteiger partial charge < -0.3 is 5.11 Å². The van der Waals surface area contributed by atoms with Gasteiger partial charge in [0, 0.05) is 12.4 Å². The molecule has 1 unspecified atom stereocenters. The fraction of sp³-hybridized carbons (Fsp3) is 0.889. The van der Waals surface area contributed by atoms with Crippen LogP contribution in [0.1, 0.15) is 19.3 Å². The van der Waals surface area contributed by atoms with E-state index in [0.29, 0.717) is 0 Å². The minimum absolute atomic E-state index is 0.196. The van der Waals surface area contributed by atoms with E-state index in [4.69, 9.17) is 10.4 Å². The fourth-order valence-corrected chi connectivity index (χ4v) is 2.62. The zero-order chi connectivity index (χ0) is 9.57. The maximum Gasteiger partial charge on any atom is 0.115 e. The van der Waals surface area contributed by atoms with Crippen LogP contribution in [0, 0.1) is 11.3 Å². The molecule has 13 heavy (non-hydrogen) atoms. The Morgan fingerprint density at radius 1 is 1.62 bits per heavy atom. The number of nitrogens with zero attached hydrogens (tertiary/aromatic N) is 1. The van der Waals surface area contributed by atoms with Crippen LogP contribution in [0.4, 0.5) is 0 Å². The van der Waals surface area contributed by atoms with Gasteiger partial charge in [0.15, 0.2) is 0 Å². The van der Waals surface area contributed by atoms with Gasteiger partial charge in [-0.15, -0.1) is 0 Å². The average molecular weight is 200 g/mol. The molecule has 3 nitrogen and oxygen atoms in total. The molecule has 0 aliphatic carbocycles. The van der Waals surface area contributed by atoms with E-state index in [1.54, 1.807) is 0 Å². The molecule has 0 aromatic carbocycles. The van der Waals surface area contributed by atoms with E-state index in [-0.39, 0.29) is 12.1 Å². The smallest absolute Gasteiger partial charge is 0.115 e. The molecule has 1 aliphatic heterocycles. The number of aliphatic hydroxyl groups is 1. The fourth-order valence-electron chi connectivity index (χ4n) is 1.47. The second-order valence-corrected chi connectivity index (χ2v) is 4.46. The second kappa shape index (κ2) is 5.48. The molecule has 0 aromatic rings. The van der Waals surface area contributed by atoms with Crippen LogP contribution in [0.15, 0.2) is 0 Å². The first-order valence-electron chi connectivity index (χ1n) is 4.68. The van der Waals surface area contributed by atoms with Crippen molar-refractivity contribution in [2.75, 3.05) is 24.7 Å². The predicted molar refractivity (Wildman–Crippen MR) is 54.6 cm³/mol. The standard InChI is InChI=1S/C9H16N2OS/c10-7-9(11-4-2-5-12)3-1-6-13-8-9/h11-12H,1-6,8H2. The summed E-state index contributed by atoms with van der Waals surface area (Å²) in [6.07, 6.45) is 2.79. The molecular formula is C9H16N2OS. The highest BCUT2D eigenvalue weighted by Gasteiger charge is 2.31. The van der Waals surface area contributed by atoms with Crippen LogP contribution >= 0.6 is 11.8 Å². The van der Waals surface area contributed by atoms with Crippen LogP contribution in [0.2, 0.25) is 0 Å². The lowest BCUT2D eigenvalue weighted by atomic mass is 9.97. The summed E-state index contributed by atoms with van der Waals surface area (Å²) in [5.74, 6) is 2.06. The van der Waals surface area contributed by atoms with Gasteiger partial charge in [-0.05, 0) is 31.6 Å². The van der Waals surface area contributed by atoms with E-state index in [2.05, 4.69) is 11.4 Å². The topological polar surface area (TPSA) is 56.0 Å². The van der Waals surface area contributed by atoms with Gasteiger partial charge in [0.25, 0.3) is 0 Å². The van der Waals surface area contributed by atoms with E-state index in [0.717, 1.165) is 31.6 Å². The molecule has 1 rings (SSSR count). The molecule has 74 valence electrons. The summed E-state index contributed by atoms with van der Waals surface area (Å²) in [4.78, 5) is 0. The number of hydrogen-bond donors (Lipinski definition) is 2. The molecule has 0 bridgehead atoms. The predicted octanol–water partition coefficient (Wildman–Crippen LogP) is 0.748. The zero-order valence-corrected chi connectivity index (χ0v) is 8.57. The molecule has 0 amide bonds. The number of nitriles is 1. The Kier molecular flexibility index (Phi) is 4.57. The normalized spacial score (nSPS) is 28.3. The van der Waals surface area contributed by atoms with Crippen molar-refractivity contribution in [3.63, 3.8) is 0 Å². The van der Waals surface area contributed by atoms with Gasteiger partial charge in [-0.2, -0.15) is 17.0 Å². The van der Waals surface area contributed by atoms with Gasteiger partial charge in [-0.1, -0.05) is 0 Å². The molecule has 1 aliphatic rings. The Labute approximate surface area is 83.5 Å². The lowest BCUT2D eigenvalue weighted by Crippen LogP contribution is -2.48. The van der Waals surface area contributed by atoms with Crippen LogP contribution in [0.25, 0.3) is 0 Å². The summed E-state index contributed by atoms with van der Waals surface area (Å²) >= 11 is 1.84. The minimum atomic E-state index is -0.321. The molecule has 4 heteroatoms. The third-order valence-electron chi connectivity index (χ3n) is 2.25.